The first kappa shape index (κ1) is 13.2. The first-order valence-electron chi connectivity index (χ1n) is 4.92. The summed E-state index contributed by atoms with van der Waals surface area (Å²) in [6.45, 7) is 0.308. The maximum absolute atomic E-state index is 13.1. The van der Waals surface area contributed by atoms with Crippen molar-refractivity contribution in [2.24, 2.45) is 0 Å². The maximum atomic E-state index is 13.1. The Hall–Kier alpha value is -0.840. The van der Waals surface area contributed by atoms with Gasteiger partial charge in [0.1, 0.15) is 0 Å². The normalized spacial score (nSPS) is 10.5. The highest BCUT2D eigenvalue weighted by molar-refractivity contribution is 7.98. The number of rotatable bonds is 6. The van der Waals surface area contributed by atoms with Gasteiger partial charge in [-0.25, -0.2) is 8.78 Å². The highest BCUT2D eigenvalue weighted by Gasteiger charge is 2.13. The summed E-state index contributed by atoms with van der Waals surface area (Å²) < 4.78 is 43.5. The summed E-state index contributed by atoms with van der Waals surface area (Å²) in [6, 6.07) is 1.96. The third-order valence-corrected chi connectivity index (χ3v) is 2.70. The van der Waals surface area contributed by atoms with Crippen molar-refractivity contribution < 1.29 is 17.9 Å². The van der Waals surface area contributed by atoms with Crippen molar-refractivity contribution in [3.8, 4) is 5.75 Å². The van der Waals surface area contributed by atoms with Crippen LogP contribution in [0.15, 0.2) is 12.1 Å². The second-order valence-corrected chi connectivity index (χ2v) is 4.21. The van der Waals surface area contributed by atoms with Crippen molar-refractivity contribution in [3.05, 3.63) is 29.6 Å². The van der Waals surface area contributed by atoms with Crippen LogP contribution in [0.1, 0.15) is 12.8 Å². The fourth-order valence-electron chi connectivity index (χ4n) is 1.15. The van der Waals surface area contributed by atoms with Crippen LogP contribution in [0.2, 0.25) is 0 Å². The van der Waals surface area contributed by atoms with Gasteiger partial charge in [0.25, 0.3) is 0 Å². The maximum Gasteiger partial charge on any atom is 0.203 e. The van der Waals surface area contributed by atoms with Crippen molar-refractivity contribution in [2.75, 3.05) is 18.6 Å². The minimum absolute atomic E-state index is 0.233. The molecule has 0 spiro atoms. The van der Waals surface area contributed by atoms with E-state index in [-0.39, 0.29) is 5.75 Å². The average molecular weight is 250 g/mol. The molecule has 1 aromatic carbocycles. The van der Waals surface area contributed by atoms with Gasteiger partial charge < -0.3 is 4.74 Å². The first-order chi connectivity index (χ1) is 7.66. The summed E-state index contributed by atoms with van der Waals surface area (Å²) in [5, 5.41) is 0. The number of hydrogen-bond acceptors (Lipinski definition) is 2. The fourth-order valence-corrected chi connectivity index (χ4v) is 1.64. The van der Waals surface area contributed by atoms with Crippen molar-refractivity contribution in [2.45, 2.75) is 12.8 Å². The van der Waals surface area contributed by atoms with E-state index < -0.39 is 17.5 Å². The quantitative estimate of drug-likeness (QED) is 0.563. The molecule has 0 unspecified atom stereocenters. The van der Waals surface area contributed by atoms with Gasteiger partial charge in [0.2, 0.25) is 5.82 Å². The Balaban J connectivity index is 2.45. The Morgan fingerprint density at radius 3 is 2.56 bits per heavy atom. The van der Waals surface area contributed by atoms with Crippen molar-refractivity contribution in [1.29, 1.82) is 0 Å². The zero-order chi connectivity index (χ0) is 12.0. The zero-order valence-electron chi connectivity index (χ0n) is 8.93. The zero-order valence-corrected chi connectivity index (χ0v) is 9.75. The molecule has 0 aromatic heterocycles. The number of halogens is 3. The molecule has 1 aromatic rings. The van der Waals surface area contributed by atoms with E-state index in [1.54, 1.807) is 11.8 Å². The molecule has 0 radical (unpaired) electrons. The van der Waals surface area contributed by atoms with E-state index in [1.165, 1.54) is 0 Å². The predicted molar refractivity (Wildman–Crippen MR) is 59.4 cm³/mol. The molecule has 0 fully saturated rings. The number of ether oxygens (including phenoxy) is 1. The van der Waals surface area contributed by atoms with Crippen LogP contribution in [0.25, 0.3) is 0 Å². The summed E-state index contributed by atoms with van der Waals surface area (Å²) in [7, 11) is 0. The molecule has 16 heavy (non-hydrogen) atoms. The van der Waals surface area contributed by atoms with E-state index in [4.69, 9.17) is 4.74 Å². The van der Waals surface area contributed by atoms with Crippen molar-refractivity contribution in [1.82, 2.24) is 0 Å². The topological polar surface area (TPSA) is 9.23 Å². The summed E-state index contributed by atoms with van der Waals surface area (Å²) in [5.41, 5.74) is 0. The molecule has 5 heteroatoms. The summed E-state index contributed by atoms with van der Waals surface area (Å²) in [4.78, 5) is 0. The lowest BCUT2D eigenvalue weighted by Crippen LogP contribution is -2.02. The number of hydrogen-bond donors (Lipinski definition) is 0. The van der Waals surface area contributed by atoms with Gasteiger partial charge in [-0.1, -0.05) is 0 Å². The molecule has 0 aliphatic carbocycles. The smallest absolute Gasteiger partial charge is 0.203 e. The highest BCUT2D eigenvalue weighted by atomic mass is 32.2. The van der Waals surface area contributed by atoms with Gasteiger partial charge in [0, 0.05) is 0 Å². The summed E-state index contributed by atoms with van der Waals surface area (Å²) in [6.07, 6.45) is 3.71. The van der Waals surface area contributed by atoms with Crippen LogP contribution in [0.3, 0.4) is 0 Å². The lowest BCUT2D eigenvalue weighted by atomic mass is 10.3. The average Bonchev–Trinajstić information content (AvgIpc) is 2.28. The van der Waals surface area contributed by atoms with Gasteiger partial charge >= 0.3 is 0 Å². The molecular weight excluding hydrogens is 237 g/mol. The molecule has 1 rings (SSSR count). The van der Waals surface area contributed by atoms with E-state index in [0.29, 0.717) is 6.61 Å². The fraction of sp³-hybridized carbons (Fsp3) is 0.455. The van der Waals surface area contributed by atoms with Crippen molar-refractivity contribution >= 4 is 11.8 Å². The van der Waals surface area contributed by atoms with Crippen LogP contribution in [-0.2, 0) is 0 Å². The highest BCUT2D eigenvalue weighted by Crippen LogP contribution is 2.21. The molecule has 0 atom stereocenters. The standard InChI is InChI=1S/C11H13F3OS/c1-16-7-3-2-6-15-9-5-4-8(12)10(13)11(9)14/h4-5H,2-3,6-7H2,1H3. The van der Waals surface area contributed by atoms with E-state index in [1.807, 2.05) is 6.26 Å². The number of unbranched alkanes of at least 4 members (excludes halogenated alkanes) is 1. The minimum atomic E-state index is -1.48. The van der Waals surface area contributed by atoms with E-state index in [0.717, 1.165) is 30.7 Å². The molecule has 0 amide bonds. The van der Waals surface area contributed by atoms with E-state index in [9.17, 15) is 13.2 Å². The van der Waals surface area contributed by atoms with E-state index >= 15 is 0 Å². The summed E-state index contributed by atoms with van der Waals surface area (Å²) in [5.74, 6) is -3.18. The largest absolute Gasteiger partial charge is 0.490 e. The molecule has 0 saturated heterocycles. The lowest BCUT2D eigenvalue weighted by molar-refractivity contribution is 0.286. The molecule has 0 saturated carbocycles. The second kappa shape index (κ2) is 6.68. The van der Waals surface area contributed by atoms with Crippen LogP contribution in [-0.4, -0.2) is 18.6 Å². The van der Waals surface area contributed by atoms with Crippen LogP contribution in [0, 0.1) is 17.5 Å². The molecule has 90 valence electrons. The number of benzene rings is 1. The van der Waals surface area contributed by atoms with Crippen LogP contribution >= 0.6 is 11.8 Å². The minimum Gasteiger partial charge on any atom is -0.490 e. The van der Waals surface area contributed by atoms with Gasteiger partial charge in [0.15, 0.2) is 17.4 Å². The van der Waals surface area contributed by atoms with Gasteiger partial charge in [-0.2, -0.15) is 16.2 Å². The van der Waals surface area contributed by atoms with Crippen LogP contribution < -0.4 is 4.74 Å². The SMILES string of the molecule is CSCCCCOc1ccc(F)c(F)c1F. The molecule has 0 aliphatic heterocycles. The van der Waals surface area contributed by atoms with Gasteiger partial charge in [0.05, 0.1) is 6.61 Å². The Kier molecular flexibility index (Phi) is 5.52. The molecule has 0 heterocycles. The van der Waals surface area contributed by atoms with Gasteiger partial charge in [-0.3, -0.25) is 0 Å². The predicted octanol–water partition coefficient (Wildman–Crippen LogP) is 3.63. The Labute approximate surface area is 97.0 Å². The first-order valence-corrected chi connectivity index (χ1v) is 6.31. The van der Waals surface area contributed by atoms with Gasteiger partial charge in [-0.15, -0.1) is 0 Å². The monoisotopic (exact) mass is 250 g/mol. The third-order valence-electron chi connectivity index (χ3n) is 2.00. The molecule has 1 nitrogen and oxygen atoms in total. The Morgan fingerprint density at radius 2 is 1.88 bits per heavy atom. The Morgan fingerprint density at radius 1 is 1.12 bits per heavy atom. The van der Waals surface area contributed by atoms with E-state index in [2.05, 4.69) is 0 Å². The molecule has 0 N–H and O–H groups in total. The van der Waals surface area contributed by atoms with Crippen LogP contribution in [0.4, 0.5) is 13.2 Å². The second-order valence-electron chi connectivity index (χ2n) is 3.22. The number of thioether (sulfide) groups is 1. The van der Waals surface area contributed by atoms with Crippen LogP contribution in [0.5, 0.6) is 5.75 Å². The lowest BCUT2D eigenvalue weighted by Gasteiger charge is -2.07. The summed E-state index contributed by atoms with van der Waals surface area (Å²) >= 11 is 1.72. The molecule has 0 bridgehead atoms. The Bertz CT molecular complexity index is 344. The third kappa shape index (κ3) is 3.63. The van der Waals surface area contributed by atoms with Crippen molar-refractivity contribution in [3.63, 3.8) is 0 Å². The van der Waals surface area contributed by atoms with Gasteiger partial charge in [-0.05, 0) is 37.0 Å². The molecular formula is C11H13F3OS. The molecule has 0 aliphatic rings.